The predicted molar refractivity (Wildman–Crippen MR) is 99.2 cm³/mol. The monoisotopic (exact) mass is 348 g/mol. The van der Waals surface area contributed by atoms with Crippen molar-refractivity contribution in [1.82, 2.24) is 5.32 Å². The number of anilines is 1. The quantitative estimate of drug-likeness (QED) is 0.698. The van der Waals surface area contributed by atoms with Crippen LogP contribution in [0, 0.1) is 5.82 Å². The third kappa shape index (κ3) is 5.18. The maximum atomic E-state index is 12.9. The fourth-order valence-corrected chi connectivity index (χ4v) is 2.60. The molecule has 0 amide bonds. The van der Waals surface area contributed by atoms with E-state index in [1.54, 1.807) is 19.2 Å². The molecule has 0 saturated carbocycles. The molecule has 0 aliphatic heterocycles. The zero-order chi connectivity index (χ0) is 17.5. The van der Waals surface area contributed by atoms with Crippen LogP contribution in [0.25, 0.3) is 0 Å². The van der Waals surface area contributed by atoms with E-state index in [-0.39, 0.29) is 11.9 Å². The Hall–Kier alpha value is -2.18. The maximum absolute atomic E-state index is 12.9. The van der Waals surface area contributed by atoms with E-state index >= 15 is 0 Å². The van der Waals surface area contributed by atoms with E-state index in [9.17, 15) is 4.39 Å². The second-order valence-corrected chi connectivity index (χ2v) is 6.15. The van der Waals surface area contributed by atoms with Crippen LogP contribution >= 0.6 is 12.2 Å². The van der Waals surface area contributed by atoms with Crippen LogP contribution in [0.5, 0.6) is 5.75 Å². The van der Waals surface area contributed by atoms with Crippen molar-refractivity contribution in [3.8, 4) is 5.75 Å². The summed E-state index contributed by atoms with van der Waals surface area (Å²) in [7, 11) is 5.87. The Morgan fingerprint density at radius 2 is 1.75 bits per heavy atom. The van der Waals surface area contributed by atoms with E-state index in [4.69, 9.17) is 17.0 Å². The van der Waals surface area contributed by atoms with Crippen molar-refractivity contribution in [3.05, 3.63) is 59.9 Å². The lowest BCUT2D eigenvalue weighted by atomic mass is 10.1. The van der Waals surface area contributed by atoms with E-state index in [1.165, 1.54) is 22.6 Å². The van der Waals surface area contributed by atoms with Gasteiger partial charge in [0.05, 0.1) is 27.7 Å². The zero-order valence-electron chi connectivity index (χ0n) is 14.1. The van der Waals surface area contributed by atoms with Crippen molar-refractivity contribution in [2.24, 2.45) is 0 Å². The molecule has 6 heteroatoms. The molecule has 0 spiro atoms. The van der Waals surface area contributed by atoms with Crippen molar-refractivity contribution >= 4 is 23.0 Å². The predicted octanol–water partition coefficient (Wildman–Crippen LogP) is 2.01. The van der Waals surface area contributed by atoms with Gasteiger partial charge in [0.15, 0.2) is 5.11 Å². The largest absolute Gasteiger partial charge is 0.497 e. The van der Waals surface area contributed by atoms with Gasteiger partial charge in [0.1, 0.15) is 17.6 Å². The minimum absolute atomic E-state index is 0.240. The molecule has 2 aromatic carbocycles. The SMILES string of the molecule is COc1ccc([C@H](CNC(=S)Nc2ccc(F)cc2)[NH+](C)C)cc1. The number of thiocarbonyl (C=S) groups is 1. The lowest BCUT2D eigenvalue weighted by Gasteiger charge is -2.23. The number of likely N-dealkylation sites (N-methyl/N-ethyl adjacent to an activating group) is 1. The van der Waals surface area contributed by atoms with E-state index in [0.29, 0.717) is 11.7 Å². The van der Waals surface area contributed by atoms with Crippen LogP contribution in [0.2, 0.25) is 0 Å². The average Bonchev–Trinajstić information content (AvgIpc) is 2.57. The minimum atomic E-state index is -0.268. The van der Waals surface area contributed by atoms with Gasteiger partial charge in [-0.05, 0) is 60.7 Å². The Morgan fingerprint density at radius 1 is 1.12 bits per heavy atom. The molecule has 0 unspecified atom stereocenters. The van der Waals surface area contributed by atoms with Gasteiger partial charge >= 0.3 is 0 Å². The highest BCUT2D eigenvalue weighted by Crippen LogP contribution is 2.15. The van der Waals surface area contributed by atoms with Crippen LogP contribution in [-0.4, -0.2) is 32.9 Å². The summed E-state index contributed by atoms with van der Waals surface area (Å²) < 4.78 is 18.1. The maximum Gasteiger partial charge on any atom is 0.171 e. The van der Waals surface area contributed by atoms with Gasteiger partial charge < -0.3 is 20.3 Å². The smallest absolute Gasteiger partial charge is 0.171 e. The second-order valence-electron chi connectivity index (χ2n) is 5.75. The van der Waals surface area contributed by atoms with Crippen molar-refractivity contribution in [2.45, 2.75) is 6.04 Å². The molecule has 0 aliphatic carbocycles. The third-order valence-corrected chi connectivity index (χ3v) is 4.03. The Bertz CT molecular complexity index is 659. The van der Waals surface area contributed by atoms with Crippen molar-refractivity contribution in [1.29, 1.82) is 0 Å². The van der Waals surface area contributed by atoms with Gasteiger partial charge in [-0.1, -0.05) is 0 Å². The van der Waals surface area contributed by atoms with Crippen LogP contribution in [0.3, 0.4) is 0 Å². The summed E-state index contributed by atoms with van der Waals surface area (Å²) in [5.41, 5.74) is 1.96. The molecule has 128 valence electrons. The van der Waals surface area contributed by atoms with Gasteiger partial charge in [-0.15, -0.1) is 0 Å². The number of benzene rings is 2. The highest BCUT2D eigenvalue weighted by molar-refractivity contribution is 7.80. The number of quaternary nitrogens is 1. The van der Waals surface area contributed by atoms with E-state index in [2.05, 4.69) is 36.9 Å². The molecule has 0 bridgehead atoms. The van der Waals surface area contributed by atoms with Gasteiger partial charge in [0.25, 0.3) is 0 Å². The van der Waals surface area contributed by atoms with Crippen LogP contribution in [0.15, 0.2) is 48.5 Å². The number of hydrogen-bond acceptors (Lipinski definition) is 2. The molecule has 24 heavy (non-hydrogen) atoms. The van der Waals surface area contributed by atoms with Crippen LogP contribution in [0.1, 0.15) is 11.6 Å². The fraction of sp³-hybridized carbons (Fsp3) is 0.278. The van der Waals surface area contributed by atoms with Gasteiger partial charge in [-0.3, -0.25) is 0 Å². The van der Waals surface area contributed by atoms with E-state index < -0.39 is 0 Å². The third-order valence-electron chi connectivity index (χ3n) is 3.78. The number of nitrogens with one attached hydrogen (secondary N) is 3. The molecule has 2 rings (SSSR count). The Balaban J connectivity index is 1.95. The second kappa shape index (κ2) is 8.61. The van der Waals surface area contributed by atoms with Crippen LogP contribution in [0.4, 0.5) is 10.1 Å². The lowest BCUT2D eigenvalue weighted by Crippen LogP contribution is -3.07. The van der Waals surface area contributed by atoms with Gasteiger partial charge in [0, 0.05) is 11.3 Å². The molecular formula is C18H23FN3OS+. The summed E-state index contributed by atoms with van der Waals surface area (Å²) in [6.07, 6.45) is 0. The number of halogens is 1. The lowest BCUT2D eigenvalue weighted by molar-refractivity contribution is -0.890. The molecule has 3 N–H and O–H groups in total. The Labute approximate surface area is 147 Å². The first-order chi connectivity index (χ1) is 11.5. The summed E-state index contributed by atoms with van der Waals surface area (Å²) in [5.74, 6) is 0.572. The number of ether oxygens (including phenoxy) is 1. The topological polar surface area (TPSA) is 37.7 Å². The molecule has 4 nitrogen and oxygen atoms in total. The highest BCUT2D eigenvalue weighted by atomic mass is 32.1. The van der Waals surface area contributed by atoms with Crippen molar-refractivity contribution < 1.29 is 14.0 Å². The molecule has 0 aliphatic rings. The van der Waals surface area contributed by atoms with Crippen molar-refractivity contribution in [2.75, 3.05) is 33.1 Å². The van der Waals surface area contributed by atoms with E-state index in [0.717, 1.165) is 11.4 Å². The number of rotatable bonds is 6. The highest BCUT2D eigenvalue weighted by Gasteiger charge is 2.18. The molecule has 0 fully saturated rings. The molecule has 0 radical (unpaired) electrons. The molecule has 1 atom stereocenters. The zero-order valence-corrected chi connectivity index (χ0v) is 14.9. The standard InChI is InChI=1S/C18H22FN3OS/c1-22(2)17(13-4-10-16(23-3)11-5-13)12-20-18(24)21-15-8-6-14(19)7-9-15/h4-11,17H,12H2,1-3H3,(H2,20,21,24)/p+1/t17-/m0/s1. The summed E-state index contributed by atoms with van der Waals surface area (Å²) >= 11 is 5.32. The number of methoxy groups -OCH3 is 1. The molecule has 0 heterocycles. The van der Waals surface area contributed by atoms with Gasteiger partial charge in [-0.25, -0.2) is 4.39 Å². The summed E-state index contributed by atoms with van der Waals surface area (Å²) in [6.45, 7) is 0.682. The Kier molecular flexibility index (Phi) is 6.52. The summed E-state index contributed by atoms with van der Waals surface area (Å²) in [6, 6.07) is 14.4. The van der Waals surface area contributed by atoms with Gasteiger partial charge in [-0.2, -0.15) is 0 Å². The van der Waals surface area contributed by atoms with Gasteiger partial charge in [0.2, 0.25) is 0 Å². The van der Waals surface area contributed by atoms with Crippen molar-refractivity contribution in [3.63, 3.8) is 0 Å². The average molecular weight is 348 g/mol. The molecule has 0 aromatic heterocycles. The summed E-state index contributed by atoms with van der Waals surface area (Å²) in [4.78, 5) is 1.29. The minimum Gasteiger partial charge on any atom is -0.497 e. The molecular weight excluding hydrogens is 325 g/mol. The normalized spacial score (nSPS) is 11.9. The fourth-order valence-electron chi connectivity index (χ4n) is 2.39. The first-order valence-corrected chi connectivity index (χ1v) is 8.15. The van der Waals surface area contributed by atoms with E-state index in [1.807, 2.05) is 12.1 Å². The first kappa shape index (κ1) is 18.2. The Morgan fingerprint density at radius 3 is 2.29 bits per heavy atom. The first-order valence-electron chi connectivity index (χ1n) is 7.74. The van der Waals surface area contributed by atoms with Crippen LogP contribution < -0.4 is 20.3 Å². The summed E-state index contributed by atoms with van der Waals surface area (Å²) in [5, 5.41) is 6.80. The van der Waals surface area contributed by atoms with Crippen LogP contribution in [-0.2, 0) is 0 Å². The number of hydrogen-bond donors (Lipinski definition) is 3. The molecule has 0 saturated heterocycles. The molecule has 2 aromatic rings.